The van der Waals surface area contributed by atoms with Gasteiger partial charge in [-0.2, -0.15) is 5.10 Å². The molecule has 2 atom stereocenters. The highest BCUT2D eigenvalue weighted by molar-refractivity contribution is 7.13. The molecule has 3 aromatic heterocycles. The zero-order chi connectivity index (χ0) is 28.6. The van der Waals surface area contributed by atoms with Gasteiger partial charge in [-0.25, -0.2) is 9.97 Å². The fourth-order valence-electron chi connectivity index (χ4n) is 5.55. The van der Waals surface area contributed by atoms with E-state index in [0.717, 1.165) is 61.1 Å². The smallest absolute Gasteiger partial charge is 0.227 e. The van der Waals surface area contributed by atoms with Crippen LogP contribution in [-0.2, 0) is 23.7 Å². The SMILES string of the molecule is Cn1cc(Nc2nccc(-c3ccc4c(c3)CN(C3CCOC3)CCC4CC(=O)c3nnc(C(C)(C)C)s3)n2)cn1. The van der Waals surface area contributed by atoms with Gasteiger partial charge in [0.25, 0.3) is 0 Å². The highest BCUT2D eigenvalue weighted by Crippen LogP contribution is 2.36. The van der Waals surface area contributed by atoms with Crippen molar-refractivity contribution in [1.82, 2.24) is 34.8 Å². The van der Waals surface area contributed by atoms with Crippen LogP contribution < -0.4 is 5.32 Å². The van der Waals surface area contributed by atoms with Gasteiger partial charge in [-0.15, -0.1) is 10.2 Å². The van der Waals surface area contributed by atoms with Gasteiger partial charge in [0.05, 0.1) is 24.2 Å². The van der Waals surface area contributed by atoms with Crippen molar-refractivity contribution in [3.05, 3.63) is 64.0 Å². The number of nitrogens with one attached hydrogen (secondary N) is 1. The van der Waals surface area contributed by atoms with Crippen molar-refractivity contribution in [2.45, 2.75) is 64.0 Å². The largest absolute Gasteiger partial charge is 0.380 e. The predicted octanol–water partition coefficient (Wildman–Crippen LogP) is 5.12. The summed E-state index contributed by atoms with van der Waals surface area (Å²) in [5, 5.41) is 17.4. The average Bonchev–Trinajstić information content (AvgIpc) is 3.71. The number of rotatable bonds is 7. The molecule has 10 nitrogen and oxygen atoms in total. The Kier molecular flexibility index (Phi) is 7.67. The lowest BCUT2D eigenvalue weighted by molar-refractivity contribution is 0.0967. The number of hydrogen-bond donors (Lipinski definition) is 1. The summed E-state index contributed by atoms with van der Waals surface area (Å²) in [6.07, 6.45) is 7.76. The monoisotopic (exact) mass is 572 g/mol. The second kappa shape index (κ2) is 11.4. The molecule has 0 aliphatic carbocycles. The van der Waals surface area contributed by atoms with Gasteiger partial charge in [0.1, 0.15) is 5.01 Å². The molecule has 1 N–H and O–H groups in total. The molecule has 4 aromatic rings. The summed E-state index contributed by atoms with van der Waals surface area (Å²) in [6, 6.07) is 8.86. The van der Waals surface area contributed by atoms with Crippen molar-refractivity contribution < 1.29 is 9.53 Å². The van der Waals surface area contributed by atoms with Crippen LogP contribution in [0.15, 0.2) is 42.9 Å². The Morgan fingerprint density at radius 3 is 2.80 bits per heavy atom. The quantitative estimate of drug-likeness (QED) is 0.302. The Bertz CT molecular complexity index is 1540. The van der Waals surface area contributed by atoms with Gasteiger partial charge in [-0.3, -0.25) is 14.4 Å². The zero-order valence-electron chi connectivity index (χ0n) is 24.0. The van der Waals surface area contributed by atoms with E-state index in [9.17, 15) is 4.79 Å². The van der Waals surface area contributed by atoms with Crippen molar-refractivity contribution in [2.75, 3.05) is 25.1 Å². The molecule has 41 heavy (non-hydrogen) atoms. The van der Waals surface area contributed by atoms with Crippen LogP contribution in [0.1, 0.15) is 71.9 Å². The molecule has 5 heterocycles. The third-order valence-electron chi connectivity index (χ3n) is 7.79. The van der Waals surface area contributed by atoms with Crippen LogP contribution in [0.4, 0.5) is 11.6 Å². The van der Waals surface area contributed by atoms with E-state index < -0.39 is 0 Å². The molecule has 0 spiro atoms. The molecule has 1 aromatic carbocycles. The number of hydrogen-bond acceptors (Lipinski definition) is 10. The summed E-state index contributed by atoms with van der Waals surface area (Å²) >= 11 is 1.42. The van der Waals surface area contributed by atoms with Crippen LogP contribution in [0.3, 0.4) is 0 Å². The second-order valence-corrected chi connectivity index (χ2v) is 12.9. The lowest BCUT2D eigenvalue weighted by Crippen LogP contribution is -2.35. The standard InChI is InChI=1S/C30H36N8O2S/c1-30(2,3)28-36-35-27(41-28)26(39)14-19-8-11-38(23-9-12-40-18-23)16-21-13-20(5-6-24(19)21)25-7-10-31-29(34-25)33-22-15-32-37(4)17-22/h5-7,10,13,15,17,19,23H,8-9,11-12,14,16,18H2,1-4H3,(H,31,33,34). The van der Waals surface area contributed by atoms with Crippen LogP contribution in [0, 0.1) is 0 Å². The Morgan fingerprint density at radius 2 is 2.07 bits per heavy atom. The fraction of sp³-hybridized carbons (Fsp3) is 0.467. The number of anilines is 2. The maximum Gasteiger partial charge on any atom is 0.227 e. The predicted molar refractivity (Wildman–Crippen MR) is 159 cm³/mol. The third kappa shape index (κ3) is 6.22. The number of ether oxygens (including phenoxy) is 1. The van der Waals surface area contributed by atoms with E-state index in [4.69, 9.17) is 9.72 Å². The van der Waals surface area contributed by atoms with E-state index in [-0.39, 0.29) is 17.1 Å². The van der Waals surface area contributed by atoms with Crippen LogP contribution in [0.5, 0.6) is 0 Å². The molecule has 11 heteroatoms. The Labute approximate surface area is 244 Å². The first-order chi connectivity index (χ1) is 19.7. The normalized spacial score (nSPS) is 19.6. The van der Waals surface area contributed by atoms with Gasteiger partial charge in [-0.05, 0) is 48.6 Å². The Balaban J connectivity index is 1.28. The summed E-state index contributed by atoms with van der Waals surface area (Å²) in [6.45, 7) is 9.59. The first-order valence-electron chi connectivity index (χ1n) is 14.1. The first kappa shape index (κ1) is 27.6. The minimum atomic E-state index is -0.125. The minimum absolute atomic E-state index is 0.0672. The van der Waals surface area contributed by atoms with Gasteiger partial charge in [-0.1, -0.05) is 44.2 Å². The van der Waals surface area contributed by atoms with E-state index in [2.05, 4.69) is 69.5 Å². The molecule has 6 rings (SSSR count). The molecule has 0 amide bonds. The molecular weight excluding hydrogens is 536 g/mol. The Hall–Kier alpha value is -3.54. The van der Waals surface area contributed by atoms with Crippen LogP contribution in [-0.4, -0.2) is 66.4 Å². The number of ketones is 1. The summed E-state index contributed by atoms with van der Waals surface area (Å²) in [7, 11) is 1.87. The number of carbonyl (C=O) groups is 1. The third-order valence-corrected chi connectivity index (χ3v) is 9.18. The number of aromatic nitrogens is 6. The highest BCUT2D eigenvalue weighted by Gasteiger charge is 2.31. The van der Waals surface area contributed by atoms with Crippen LogP contribution in [0.25, 0.3) is 11.3 Å². The number of fused-ring (bicyclic) bond motifs is 1. The average molecular weight is 573 g/mol. The van der Waals surface area contributed by atoms with E-state index in [1.165, 1.54) is 22.5 Å². The van der Waals surface area contributed by atoms with Crippen LogP contribution >= 0.6 is 11.3 Å². The summed E-state index contributed by atoms with van der Waals surface area (Å²) in [4.78, 5) is 25.1. The molecular formula is C30H36N8O2S. The molecule has 2 aliphatic rings. The molecule has 2 aliphatic heterocycles. The van der Waals surface area contributed by atoms with Gasteiger partial charge in [0.2, 0.25) is 5.95 Å². The molecule has 1 fully saturated rings. The van der Waals surface area contributed by atoms with Gasteiger partial charge < -0.3 is 10.1 Å². The zero-order valence-corrected chi connectivity index (χ0v) is 24.8. The van der Waals surface area contributed by atoms with Crippen molar-refractivity contribution in [2.24, 2.45) is 7.05 Å². The van der Waals surface area contributed by atoms with Crippen molar-refractivity contribution in [1.29, 1.82) is 0 Å². The summed E-state index contributed by atoms with van der Waals surface area (Å²) in [5.41, 5.74) is 5.03. The molecule has 2 unspecified atom stereocenters. The van der Waals surface area contributed by atoms with Gasteiger partial charge >= 0.3 is 0 Å². The van der Waals surface area contributed by atoms with E-state index in [1.54, 1.807) is 17.1 Å². The molecule has 0 saturated carbocycles. The maximum absolute atomic E-state index is 13.4. The molecule has 214 valence electrons. The second-order valence-electron chi connectivity index (χ2n) is 12.0. The number of aryl methyl sites for hydroxylation is 1. The van der Waals surface area contributed by atoms with E-state index >= 15 is 0 Å². The number of Topliss-reactive ketones (excluding diaryl/α,β-unsaturated/α-hetero) is 1. The van der Waals surface area contributed by atoms with Crippen LogP contribution in [0.2, 0.25) is 0 Å². The molecule has 0 radical (unpaired) electrons. The lowest BCUT2D eigenvalue weighted by Gasteiger charge is -2.26. The number of carbonyl (C=O) groups excluding carboxylic acids is 1. The first-order valence-corrected chi connectivity index (χ1v) is 15.0. The fourth-order valence-corrected chi connectivity index (χ4v) is 6.40. The topological polar surface area (TPSA) is 111 Å². The van der Waals surface area contributed by atoms with E-state index in [1.807, 2.05) is 19.3 Å². The molecule has 1 saturated heterocycles. The lowest BCUT2D eigenvalue weighted by atomic mass is 9.87. The summed E-state index contributed by atoms with van der Waals surface area (Å²) in [5.74, 6) is 0.692. The van der Waals surface area contributed by atoms with E-state index in [0.29, 0.717) is 23.4 Å². The van der Waals surface area contributed by atoms with Gasteiger partial charge in [0, 0.05) is 56.0 Å². The van der Waals surface area contributed by atoms with Crippen molar-refractivity contribution in [3.63, 3.8) is 0 Å². The van der Waals surface area contributed by atoms with Crippen molar-refractivity contribution >= 4 is 28.8 Å². The highest BCUT2D eigenvalue weighted by atomic mass is 32.1. The number of nitrogens with zero attached hydrogens (tertiary/aromatic N) is 7. The van der Waals surface area contributed by atoms with Crippen molar-refractivity contribution in [3.8, 4) is 11.3 Å². The summed E-state index contributed by atoms with van der Waals surface area (Å²) < 4.78 is 7.47. The number of benzene rings is 1. The Morgan fingerprint density at radius 1 is 1.20 bits per heavy atom. The van der Waals surface area contributed by atoms with Gasteiger partial charge in [0.15, 0.2) is 10.8 Å². The minimum Gasteiger partial charge on any atom is -0.380 e. The molecule has 0 bridgehead atoms. The maximum atomic E-state index is 13.4.